The van der Waals surface area contributed by atoms with Gasteiger partial charge >= 0.3 is 0 Å². The van der Waals surface area contributed by atoms with E-state index in [0.29, 0.717) is 6.61 Å². The molecule has 0 spiro atoms. The van der Waals surface area contributed by atoms with E-state index >= 15 is 0 Å². The second-order valence-electron chi connectivity index (χ2n) is 6.09. The summed E-state index contributed by atoms with van der Waals surface area (Å²) in [6, 6.07) is 0.729. The van der Waals surface area contributed by atoms with Gasteiger partial charge in [0.2, 0.25) is 5.91 Å². The quantitative estimate of drug-likeness (QED) is 0.761. The lowest BCUT2D eigenvalue weighted by molar-refractivity contribution is -0.134. The van der Waals surface area contributed by atoms with Crippen molar-refractivity contribution in [3.63, 3.8) is 0 Å². The zero-order valence-corrected chi connectivity index (χ0v) is 12.4. The minimum absolute atomic E-state index is 0.102. The number of carbonyl (C=O) groups excluding carboxylic acids is 1. The van der Waals surface area contributed by atoms with E-state index in [9.17, 15) is 4.79 Å². The Balaban J connectivity index is 1.69. The van der Waals surface area contributed by atoms with Crippen molar-refractivity contribution in [2.75, 3.05) is 40.4 Å². The van der Waals surface area contributed by atoms with Crippen LogP contribution >= 0.6 is 0 Å². The molecule has 0 aromatic carbocycles. The summed E-state index contributed by atoms with van der Waals surface area (Å²) in [5.74, 6) is 0.361. The Bertz CT molecular complexity index is 284. The average Bonchev–Trinajstić information content (AvgIpc) is 2.98. The second kappa shape index (κ2) is 7.25. The predicted molar refractivity (Wildman–Crippen MR) is 76.1 cm³/mol. The van der Waals surface area contributed by atoms with Gasteiger partial charge in [-0.05, 0) is 26.3 Å². The highest BCUT2D eigenvalue weighted by atomic mass is 16.5. The topological polar surface area (TPSA) is 32.8 Å². The fourth-order valence-corrected chi connectivity index (χ4v) is 3.16. The third-order valence-corrected chi connectivity index (χ3v) is 4.64. The summed E-state index contributed by atoms with van der Waals surface area (Å²) in [5.41, 5.74) is 0. The number of amides is 1. The first-order valence-corrected chi connectivity index (χ1v) is 7.71. The number of carbonyl (C=O) groups is 1. The molecule has 0 N–H and O–H groups in total. The number of hydrogen-bond acceptors (Lipinski definition) is 3. The maximum absolute atomic E-state index is 12.2. The number of nitrogens with zero attached hydrogens (tertiary/aromatic N) is 2. The van der Waals surface area contributed by atoms with Crippen LogP contribution in [0.25, 0.3) is 0 Å². The standard InChI is InChI=1S/C15H28N2O2/c1-16(14-6-4-3-5-7-14)9-10-17(2)15(18)13-8-11-19-12-13/h13-14H,3-12H2,1-2H3. The van der Waals surface area contributed by atoms with Gasteiger partial charge < -0.3 is 14.5 Å². The Labute approximate surface area is 117 Å². The van der Waals surface area contributed by atoms with E-state index in [1.807, 2.05) is 11.9 Å². The molecule has 4 heteroatoms. The maximum Gasteiger partial charge on any atom is 0.227 e. The zero-order chi connectivity index (χ0) is 13.7. The summed E-state index contributed by atoms with van der Waals surface area (Å²) in [4.78, 5) is 16.5. The fraction of sp³-hybridized carbons (Fsp3) is 0.933. The van der Waals surface area contributed by atoms with E-state index in [0.717, 1.165) is 32.2 Å². The van der Waals surface area contributed by atoms with E-state index in [2.05, 4.69) is 11.9 Å². The van der Waals surface area contributed by atoms with Crippen molar-refractivity contribution in [3.8, 4) is 0 Å². The molecule has 0 aromatic rings. The molecule has 1 aliphatic heterocycles. The number of ether oxygens (including phenoxy) is 1. The molecule has 1 unspecified atom stereocenters. The van der Waals surface area contributed by atoms with Crippen molar-refractivity contribution < 1.29 is 9.53 Å². The summed E-state index contributed by atoms with van der Waals surface area (Å²) in [7, 11) is 4.13. The second-order valence-corrected chi connectivity index (χ2v) is 6.09. The van der Waals surface area contributed by atoms with Gasteiger partial charge in [0.1, 0.15) is 0 Å². The summed E-state index contributed by atoms with van der Waals surface area (Å²) in [6.45, 7) is 3.18. The highest BCUT2D eigenvalue weighted by Gasteiger charge is 2.26. The van der Waals surface area contributed by atoms with Crippen molar-refractivity contribution in [1.82, 2.24) is 9.80 Å². The van der Waals surface area contributed by atoms with Crippen molar-refractivity contribution >= 4 is 5.91 Å². The zero-order valence-electron chi connectivity index (χ0n) is 12.4. The highest BCUT2D eigenvalue weighted by Crippen LogP contribution is 2.21. The van der Waals surface area contributed by atoms with Gasteiger partial charge in [-0.25, -0.2) is 0 Å². The smallest absolute Gasteiger partial charge is 0.227 e. The molecule has 2 aliphatic rings. The monoisotopic (exact) mass is 268 g/mol. The molecular formula is C15H28N2O2. The molecule has 1 saturated heterocycles. The molecule has 2 rings (SSSR count). The van der Waals surface area contributed by atoms with E-state index < -0.39 is 0 Å². The van der Waals surface area contributed by atoms with Gasteiger partial charge in [0, 0.05) is 32.8 Å². The number of rotatable bonds is 5. The molecule has 110 valence electrons. The Morgan fingerprint density at radius 1 is 1.11 bits per heavy atom. The third-order valence-electron chi connectivity index (χ3n) is 4.64. The third kappa shape index (κ3) is 4.18. The highest BCUT2D eigenvalue weighted by molar-refractivity contribution is 5.78. The SMILES string of the molecule is CN(CCN(C)C1CCCCC1)C(=O)C1CCOC1. The summed E-state index contributed by atoms with van der Waals surface area (Å²) >= 11 is 0. The van der Waals surface area contributed by atoms with Crippen LogP contribution in [-0.2, 0) is 9.53 Å². The molecule has 1 amide bonds. The number of likely N-dealkylation sites (N-methyl/N-ethyl adjacent to an activating group) is 2. The normalized spacial score (nSPS) is 24.9. The summed E-state index contributed by atoms with van der Waals surface area (Å²) in [5, 5.41) is 0. The number of hydrogen-bond donors (Lipinski definition) is 0. The van der Waals surface area contributed by atoms with Gasteiger partial charge in [-0.15, -0.1) is 0 Å². The van der Waals surface area contributed by atoms with Crippen LogP contribution in [-0.4, -0.2) is 62.1 Å². The van der Waals surface area contributed by atoms with Gasteiger partial charge in [-0.2, -0.15) is 0 Å². The van der Waals surface area contributed by atoms with Crippen LogP contribution in [0.1, 0.15) is 38.5 Å². The average molecular weight is 268 g/mol. The lowest BCUT2D eigenvalue weighted by Crippen LogP contribution is -2.41. The summed E-state index contributed by atoms with van der Waals surface area (Å²) < 4.78 is 5.29. The summed E-state index contributed by atoms with van der Waals surface area (Å²) in [6.07, 6.45) is 7.66. The Kier molecular flexibility index (Phi) is 5.64. The molecule has 0 aromatic heterocycles. The maximum atomic E-state index is 12.2. The van der Waals surface area contributed by atoms with E-state index in [1.165, 1.54) is 32.1 Å². The van der Waals surface area contributed by atoms with Crippen LogP contribution in [0.2, 0.25) is 0 Å². The molecule has 0 radical (unpaired) electrons. The van der Waals surface area contributed by atoms with E-state index in [-0.39, 0.29) is 11.8 Å². The molecule has 19 heavy (non-hydrogen) atoms. The van der Waals surface area contributed by atoms with E-state index in [1.54, 1.807) is 0 Å². The van der Waals surface area contributed by atoms with Crippen molar-refractivity contribution in [3.05, 3.63) is 0 Å². The molecule has 1 atom stereocenters. The Morgan fingerprint density at radius 3 is 2.47 bits per heavy atom. The lowest BCUT2D eigenvalue weighted by Gasteiger charge is -2.32. The van der Waals surface area contributed by atoms with Crippen molar-refractivity contribution in [2.24, 2.45) is 5.92 Å². The first-order chi connectivity index (χ1) is 9.18. The van der Waals surface area contributed by atoms with Gasteiger partial charge in [0.05, 0.1) is 12.5 Å². The molecule has 1 heterocycles. The van der Waals surface area contributed by atoms with Crippen molar-refractivity contribution in [1.29, 1.82) is 0 Å². The van der Waals surface area contributed by atoms with Gasteiger partial charge in [-0.3, -0.25) is 4.79 Å². The molecular weight excluding hydrogens is 240 g/mol. The van der Waals surface area contributed by atoms with Gasteiger partial charge in [0.25, 0.3) is 0 Å². The van der Waals surface area contributed by atoms with Crippen LogP contribution in [0.3, 0.4) is 0 Å². The molecule has 1 aliphatic carbocycles. The first kappa shape index (κ1) is 14.8. The van der Waals surface area contributed by atoms with Crippen LogP contribution in [0.4, 0.5) is 0 Å². The predicted octanol–water partition coefficient (Wildman–Crippen LogP) is 1.75. The fourth-order valence-electron chi connectivity index (χ4n) is 3.16. The largest absolute Gasteiger partial charge is 0.381 e. The van der Waals surface area contributed by atoms with Crippen molar-refractivity contribution in [2.45, 2.75) is 44.6 Å². The molecule has 1 saturated carbocycles. The lowest BCUT2D eigenvalue weighted by atomic mass is 9.94. The first-order valence-electron chi connectivity index (χ1n) is 7.71. The van der Waals surface area contributed by atoms with Crippen LogP contribution in [0, 0.1) is 5.92 Å². The van der Waals surface area contributed by atoms with E-state index in [4.69, 9.17) is 4.74 Å². The molecule has 2 fully saturated rings. The van der Waals surface area contributed by atoms with Crippen LogP contribution < -0.4 is 0 Å². The minimum atomic E-state index is 0.102. The minimum Gasteiger partial charge on any atom is -0.381 e. The van der Waals surface area contributed by atoms with Crippen LogP contribution in [0.5, 0.6) is 0 Å². The molecule has 4 nitrogen and oxygen atoms in total. The molecule has 0 bridgehead atoms. The van der Waals surface area contributed by atoms with Gasteiger partial charge in [-0.1, -0.05) is 19.3 Å². The van der Waals surface area contributed by atoms with Gasteiger partial charge in [0.15, 0.2) is 0 Å². The Morgan fingerprint density at radius 2 is 1.84 bits per heavy atom. The van der Waals surface area contributed by atoms with Crippen LogP contribution in [0.15, 0.2) is 0 Å². The Hall–Kier alpha value is -0.610.